The molecule has 3 aromatic carbocycles. The first-order valence-corrected chi connectivity index (χ1v) is 16.3. The number of hydrogen-bond acceptors (Lipinski definition) is 5. The molecule has 1 aromatic heterocycles. The number of fused-ring (bicyclic) bond motifs is 1. The molecular formula is C34H41N3O5S. The highest BCUT2D eigenvalue weighted by molar-refractivity contribution is 7.90. The lowest BCUT2D eigenvalue weighted by molar-refractivity contribution is 0.0944. The van der Waals surface area contributed by atoms with E-state index in [-0.39, 0.29) is 16.4 Å². The summed E-state index contributed by atoms with van der Waals surface area (Å²) in [5.41, 5.74) is 4.26. The standard InChI is InChI=1S/C34H41N3O5S/c1-6-11-27-21-37(30-18-25(16-17-29(27)30)33(38)35-20-24(7-2)8-3)22-28-15-14-26(19-31(28)42-5)34(39)36-43(40,41)32-13-10-9-12-23(32)4/h9-10,12-19,21,24H,6-8,11,20,22H2,1-5H3,(H,35,38)(H,36,39). The highest BCUT2D eigenvalue weighted by atomic mass is 32.2. The van der Waals surface area contributed by atoms with Gasteiger partial charge >= 0.3 is 0 Å². The number of benzene rings is 3. The number of ether oxygens (including phenoxy) is 1. The lowest BCUT2D eigenvalue weighted by Gasteiger charge is -2.14. The van der Waals surface area contributed by atoms with Gasteiger partial charge in [-0.1, -0.05) is 70.4 Å². The minimum atomic E-state index is -4.04. The van der Waals surface area contributed by atoms with Gasteiger partial charge in [0.2, 0.25) is 0 Å². The molecule has 0 atom stereocenters. The minimum Gasteiger partial charge on any atom is -0.496 e. The molecule has 4 aromatic rings. The maximum atomic E-state index is 13.0. The van der Waals surface area contributed by atoms with Crippen LogP contribution in [0.2, 0.25) is 0 Å². The van der Waals surface area contributed by atoms with Gasteiger partial charge in [0.05, 0.1) is 18.6 Å². The number of nitrogens with one attached hydrogen (secondary N) is 2. The fourth-order valence-corrected chi connectivity index (χ4v) is 6.54. The number of carbonyl (C=O) groups excluding carboxylic acids is 2. The lowest BCUT2D eigenvalue weighted by Crippen LogP contribution is -2.31. The molecule has 2 amide bonds. The average Bonchev–Trinajstić information content (AvgIpc) is 3.33. The molecular weight excluding hydrogens is 562 g/mol. The molecule has 0 aliphatic carbocycles. The van der Waals surface area contributed by atoms with E-state index in [0.29, 0.717) is 35.9 Å². The zero-order chi connectivity index (χ0) is 31.1. The lowest BCUT2D eigenvalue weighted by atomic mass is 10.0. The van der Waals surface area contributed by atoms with Gasteiger partial charge in [-0.25, -0.2) is 13.1 Å². The van der Waals surface area contributed by atoms with Gasteiger partial charge in [-0.2, -0.15) is 0 Å². The van der Waals surface area contributed by atoms with E-state index in [9.17, 15) is 18.0 Å². The number of hydrogen-bond donors (Lipinski definition) is 2. The van der Waals surface area contributed by atoms with E-state index in [1.54, 1.807) is 43.3 Å². The maximum Gasteiger partial charge on any atom is 0.265 e. The van der Waals surface area contributed by atoms with Crippen molar-refractivity contribution in [3.63, 3.8) is 0 Å². The second kappa shape index (κ2) is 13.9. The SMILES string of the molecule is CCCc1cn(Cc2ccc(C(=O)NS(=O)(=O)c3ccccc3C)cc2OC)c2cc(C(=O)NCC(CC)CC)ccc12. The van der Waals surface area contributed by atoms with Gasteiger partial charge < -0.3 is 14.6 Å². The topological polar surface area (TPSA) is 106 Å². The molecule has 43 heavy (non-hydrogen) atoms. The first kappa shape index (κ1) is 31.8. The van der Waals surface area contributed by atoms with Crippen LogP contribution in [0.5, 0.6) is 5.75 Å². The Morgan fingerprint density at radius 2 is 1.60 bits per heavy atom. The summed E-state index contributed by atoms with van der Waals surface area (Å²) in [5.74, 6) is 0.0765. The third kappa shape index (κ3) is 7.28. The molecule has 0 fully saturated rings. The van der Waals surface area contributed by atoms with E-state index in [2.05, 4.69) is 41.6 Å². The van der Waals surface area contributed by atoms with Crippen molar-refractivity contribution in [3.8, 4) is 5.75 Å². The largest absolute Gasteiger partial charge is 0.496 e. The van der Waals surface area contributed by atoms with Crippen LogP contribution in [-0.4, -0.2) is 38.5 Å². The second-order valence-electron chi connectivity index (χ2n) is 10.9. The molecule has 0 spiro atoms. The Kier molecular flexibility index (Phi) is 10.3. The Bertz CT molecular complexity index is 1720. The molecule has 1 heterocycles. The molecule has 0 radical (unpaired) electrons. The van der Waals surface area contributed by atoms with Crippen molar-refractivity contribution in [1.82, 2.24) is 14.6 Å². The summed E-state index contributed by atoms with van der Waals surface area (Å²) < 4.78 is 35.6. The van der Waals surface area contributed by atoms with E-state index < -0.39 is 15.9 Å². The summed E-state index contributed by atoms with van der Waals surface area (Å²) in [4.78, 5) is 26.0. The quantitative estimate of drug-likeness (QED) is 0.188. The van der Waals surface area contributed by atoms with Gasteiger partial charge in [-0.05, 0) is 60.7 Å². The Balaban J connectivity index is 1.61. The Morgan fingerprint density at radius 3 is 2.28 bits per heavy atom. The van der Waals surface area contributed by atoms with Crippen molar-refractivity contribution in [2.45, 2.75) is 64.8 Å². The van der Waals surface area contributed by atoms with Crippen LogP contribution in [0.4, 0.5) is 0 Å². The third-order valence-electron chi connectivity index (χ3n) is 7.95. The fraction of sp³-hybridized carbons (Fsp3) is 0.353. The predicted octanol–water partition coefficient (Wildman–Crippen LogP) is 6.24. The molecule has 4 rings (SSSR count). The number of carbonyl (C=O) groups is 2. The van der Waals surface area contributed by atoms with Crippen LogP contribution in [0.25, 0.3) is 10.9 Å². The molecule has 0 bridgehead atoms. The maximum absolute atomic E-state index is 13.0. The molecule has 228 valence electrons. The summed E-state index contributed by atoms with van der Waals surface area (Å²) in [5, 5.41) is 4.17. The fourth-order valence-electron chi connectivity index (χ4n) is 5.32. The van der Waals surface area contributed by atoms with Gasteiger partial charge in [0.1, 0.15) is 5.75 Å². The molecule has 0 saturated carbocycles. The van der Waals surface area contributed by atoms with E-state index in [4.69, 9.17) is 4.74 Å². The van der Waals surface area contributed by atoms with E-state index in [1.807, 2.05) is 18.2 Å². The molecule has 0 unspecified atom stereocenters. The molecule has 2 N–H and O–H groups in total. The number of nitrogens with zero attached hydrogens (tertiary/aromatic N) is 1. The average molecular weight is 604 g/mol. The summed E-state index contributed by atoms with van der Waals surface area (Å²) >= 11 is 0. The number of sulfonamides is 1. The summed E-state index contributed by atoms with van der Waals surface area (Å²) in [6.45, 7) is 9.16. The van der Waals surface area contributed by atoms with Crippen molar-refractivity contribution in [3.05, 3.63) is 94.7 Å². The number of aryl methyl sites for hydroxylation is 2. The first-order valence-electron chi connectivity index (χ1n) is 14.8. The number of aromatic nitrogens is 1. The van der Waals surface area contributed by atoms with E-state index in [1.165, 1.54) is 18.7 Å². The van der Waals surface area contributed by atoms with Crippen LogP contribution in [0.3, 0.4) is 0 Å². The predicted molar refractivity (Wildman–Crippen MR) is 170 cm³/mol. The third-order valence-corrected chi connectivity index (χ3v) is 9.44. The van der Waals surface area contributed by atoms with Crippen molar-refractivity contribution in [1.29, 1.82) is 0 Å². The summed E-state index contributed by atoms with van der Waals surface area (Å²) in [6.07, 6.45) is 6.02. The molecule has 0 saturated heterocycles. The van der Waals surface area contributed by atoms with Gasteiger partial charge in [0, 0.05) is 40.3 Å². The molecule has 0 aliphatic rings. The summed E-state index contributed by atoms with van der Waals surface area (Å²) in [7, 11) is -2.53. The van der Waals surface area contributed by atoms with Gasteiger partial charge in [-0.15, -0.1) is 0 Å². The van der Waals surface area contributed by atoms with Crippen molar-refractivity contribution >= 4 is 32.7 Å². The summed E-state index contributed by atoms with van der Waals surface area (Å²) in [6, 6.07) is 17.2. The zero-order valence-electron chi connectivity index (χ0n) is 25.6. The van der Waals surface area contributed by atoms with Crippen molar-refractivity contribution in [2.24, 2.45) is 5.92 Å². The minimum absolute atomic E-state index is 0.0536. The molecule has 8 nitrogen and oxygen atoms in total. The highest BCUT2D eigenvalue weighted by Crippen LogP contribution is 2.28. The Hall–Kier alpha value is -4.11. The smallest absolute Gasteiger partial charge is 0.265 e. The molecule has 9 heteroatoms. The van der Waals surface area contributed by atoms with Crippen LogP contribution < -0.4 is 14.8 Å². The second-order valence-corrected chi connectivity index (χ2v) is 12.5. The zero-order valence-corrected chi connectivity index (χ0v) is 26.4. The van der Waals surface area contributed by atoms with E-state index in [0.717, 1.165) is 42.1 Å². The van der Waals surface area contributed by atoms with Crippen LogP contribution in [0.1, 0.15) is 77.4 Å². The normalized spacial score (nSPS) is 11.6. The van der Waals surface area contributed by atoms with Gasteiger partial charge in [0.15, 0.2) is 0 Å². The van der Waals surface area contributed by atoms with Crippen molar-refractivity contribution in [2.75, 3.05) is 13.7 Å². The number of methoxy groups -OCH3 is 1. The number of rotatable bonds is 13. The highest BCUT2D eigenvalue weighted by Gasteiger charge is 2.22. The Labute approximate surface area is 254 Å². The van der Waals surface area contributed by atoms with E-state index >= 15 is 0 Å². The van der Waals surface area contributed by atoms with Crippen LogP contribution in [0, 0.1) is 12.8 Å². The monoisotopic (exact) mass is 603 g/mol. The van der Waals surface area contributed by atoms with Crippen LogP contribution in [-0.2, 0) is 23.0 Å². The molecule has 0 aliphatic heterocycles. The Morgan fingerprint density at radius 1 is 0.907 bits per heavy atom. The van der Waals surface area contributed by atoms with Crippen LogP contribution >= 0.6 is 0 Å². The number of amides is 2. The van der Waals surface area contributed by atoms with Crippen molar-refractivity contribution < 1.29 is 22.7 Å². The first-order chi connectivity index (χ1) is 20.6. The van der Waals surface area contributed by atoms with Gasteiger partial charge in [-0.3, -0.25) is 9.59 Å². The van der Waals surface area contributed by atoms with Gasteiger partial charge in [0.25, 0.3) is 21.8 Å². The van der Waals surface area contributed by atoms with Crippen LogP contribution in [0.15, 0.2) is 71.8 Å².